The highest BCUT2D eigenvalue weighted by Crippen LogP contribution is 2.24. The van der Waals surface area contributed by atoms with E-state index in [1.54, 1.807) is 0 Å². The van der Waals surface area contributed by atoms with Crippen LogP contribution in [0.4, 0.5) is 18.9 Å². The first kappa shape index (κ1) is 9.50. The van der Waals surface area contributed by atoms with E-state index in [1.165, 1.54) is 0 Å². The molecule has 1 aromatic carbocycles. The second kappa shape index (κ2) is 3.42. The summed E-state index contributed by atoms with van der Waals surface area (Å²) in [4.78, 5) is 9.23. The molecule has 6 heteroatoms. The summed E-state index contributed by atoms with van der Waals surface area (Å²) in [6.45, 7) is -1.40. The number of nitro groups is 1. The van der Waals surface area contributed by atoms with Gasteiger partial charge in [0.25, 0.3) is 5.69 Å². The maximum absolute atomic E-state index is 12.7. The fourth-order valence-corrected chi connectivity index (χ4v) is 0.881. The lowest BCUT2D eigenvalue weighted by Gasteiger charge is -1.99. The number of alkyl halides is 1. The van der Waals surface area contributed by atoms with Gasteiger partial charge in [0.15, 0.2) is 11.6 Å². The van der Waals surface area contributed by atoms with Crippen molar-refractivity contribution in [3.63, 3.8) is 0 Å². The van der Waals surface area contributed by atoms with Crippen LogP contribution in [0, 0.1) is 21.7 Å². The summed E-state index contributed by atoms with van der Waals surface area (Å²) >= 11 is 0. The second-order valence-electron chi connectivity index (χ2n) is 2.25. The largest absolute Gasteiger partial charge is 0.278 e. The molecule has 0 aromatic heterocycles. The molecular formula is C7H4F3NO2. The molecule has 0 heterocycles. The van der Waals surface area contributed by atoms with Gasteiger partial charge in [-0.25, -0.2) is 13.2 Å². The van der Waals surface area contributed by atoms with Crippen LogP contribution in [-0.4, -0.2) is 4.92 Å². The van der Waals surface area contributed by atoms with Crippen LogP contribution in [0.25, 0.3) is 0 Å². The van der Waals surface area contributed by atoms with Gasteiger partial charge >= 0.3 is 0 Å². The van der Waals surface area contributed by atoms with Crippen molar-refractivity contribution in [2.75, 3.05) is 0 Å². The smallest absolute Gasteiger partial charge is 0.258 e. The van der Waals surface area contributed by atoms with Crippen LogP contribution in [0.5, 0.6) is 0 Å². The van der Waals surface area contributed by atoms with E-state index in [0.717, 1.165) is 6.07 Å². The van der Waals surface area contributed by atoms with Gasteiger partial charge in [-0.3, -0.25) is 10.1 Å². The molecule has 0 saturated heterocycles. The fraction of sp³-hybridized carbons (Fsp3) is 0.143. The van der Waals surface area contributed by atoms with Crippen molar-refractivity contribution in [1.29, 1.82) is 0 Å². The molecule has 0 radical (unpaired) electrons. The standard InChI is InChI=1S/C7H4F3NO2/c8-3-4-6(11(12)13)2-1-5(9)7(4)10/h1-2H,3H2. The second-order valence-corrected chi connectivity index (χ2v) is 2.25. The summed E-state index contributed by atoms with van der Waals surface area (Å²) < 4.78 is 37.2. The molecule has 0 bridgehead atoms. The summed E-state index contributed by atoms with van der Waals surface area (Å²) in [6, 6.07) is 1.32. The van der Waals surface area contributed by atoms with Crippen molar-refractivity contribution in [1.82, 2.24) is 0 Å². The molecule has 0 spiro atoms. The number of rotatable bonds is 2. The van der Waals surface area contributed by atoms with Crippen LogP contribution >= 0.6 is 0 Å². The Kier molecular flexibility index (Phi) is 2.50. The van der Waals surface area contributed by atoms with Crippen molar-refractivity contribution in [3.05, 3.63) is 39.4 Å². The molecule has 0 amide bonds. The summed E-state index contributed by atoms with van der Waals surface area (Å²) in [7, 11) is 0. The summed E-state index contributed by atoms with van der Waals surface area (Å²) in [5, 5.41) is 10.2. The van der Waals surface area contributed by atoms with Crippen LogP contribution in [0.1, 0.15) is 5.56 Å². The Morgan fingerprint density at radius 3 is 2.46 bits per heavy atom. The molecule has 0 aliphatic heterocycles. The van der Waals surface area contributed by atoms with Crippen LogP contribution in [-0.2, 0) is 6.67 Å². The Morgan fingerprint density at radius 1 is 1.38 bits per heavy atom. The monoisotopic (exact) mass is 191 g/mol. The quantitative estimate of drug-likeness (QED) is 0.531. The number of benzene rings is 1. The average molecular weight is 191 g/mol. The minimum Gasteiger partial charge on any atom is -0.258 e. The van der Waals surface area contributed by atoms with Crippen molar-refractivity contribution < 1.29 is 18.1 Å². The molecule has 0 aliphatic rings. The van der Waals surface area contributed by atoms with E-state index >= 15 is 0 Å². The SMILES string of the molecule is O=[N+]([O-])c1ccc(F)c(F)c1CF. The van der Waals surface area contributed by atoms with Crippen molar-refractivity contribution >= 4 is 5.69 Å². The van der Waals surface area contributed by atoms with Gasteiger partial charge in [-0.05, 0) is 6.07 Å². The van der Waals surface area contributed by atoms with Crippen molar-refractivity contribution in [2.45, 2.75) is 6.67 Å². The number of hydrogen-bond donors (Lipinski definition) is 0. The highest BCUT2D eigenvalue weighted by Gasteiger charge is 2.20. The lowest BCUT2D eigenvalue weighted by molar-refractivity contribution is -0.386. The minimum absolute atomic E-state index is 0.590. The first-order chi connectivity index (χ1) is 6.07. The Labute approximate surface area is 70.9 Å². The van der Waals surface area contributed by atoms with Crippen LogP contribution < -0.4 is 0 Å². The van der Waals surface area contributed by atoms with Gasteiger partial charge < -0.3 is 0 Å². The van der Waals surface area contributed by atoms with Gasteiger partial charge in [-0.1, -0.05) is 0 Å². The lowest BCUT2D eigenvalue weighted by atomic mass is 10.2. The maximum Gasteiger partial charge on any atom is 0.278 e. The molecule has 1 rings (SSSR count). The van der Waals surface area contributed by atoms with Crippen molar-refractivity contribution in [3.8, 4) is 0 Å². The Balaban J connectivity index is 3.38. The van der Waals surface area contributed by atoms with E-state index in [9.17, 15) is 23.3 Å². The van der Waals surface area contributed by atoms with Crippen molar-refractivity contribution in [2.24, 2.45) is 0 Å². The van der Waals surface area contributed by atoms with E-state index in [2.05, 4.69) is 0 Å². The molecule has 70 valence electrons. The predicted molar refractivity (Wildman–Crippen MR) is 37.8 cm³/mol. The Bertz CT molecular complexity index is 354. The molecule has 3 nitrogen and oxygen atoms in total. The van der Waals surface area contributed by atoms with E-state index in [-0.39, 0.29) is 0 Å². The molecule has 0 fully saturated rings. The Hall–Kier alpha value is -1.59. The molecule has 0 aliphatic carbocycles. The van der Waals surface area contributed by atoms with Gasteiger partial charge in [-0.2, -0.15) is 0 Å². The summed E-state index contributed by atoms with van der Waals surface area (Å²) in [6.07, 6.45) is 0. The summed E-state index contributed by atoms with van der Waals surface area (Å²) in [5.74, 6) is -2.80. The molecule has 0 N–H and O–H groups in total. The number of halogens is 3. The van der Waals surface area contributed by atoms with E-state index in [1.807, 2.05) is 0 Å². The first-order valence-corrected chi connectivity index (χ1v) is 3.25. The highest BCUT2D eigenvalue weighted by atomic mass is 19.2. The molecular weight excluding hydrogens is 187 g/mol. The number of nitro benzene ring substituents is 1. The predicted octanol–water partition coefficient (Wildman–Crippen LogP) is 2.34. The normalized spacial score (nSPS) is 10.1. The fourth-order valence-electron chi connectivity index (χ4n) is 0.881. The van der Waals surface area contributed by atoms with Gasteiger partial charge in [0, 0.05) is 6.07 Å². The van der Waals surface area contributed by atoms with E-state index in [4.69, 9.17) is 0 Å². The molecule has 0 unspecified atom stereocenters. The van der Waals surface area contributed by atoms with Gasteiger partial charge in [0.1, 0.15) is 6.67 Å². The van der Waals surface area contributed by atoms with Crippen LogP contribution in [0.15, 0.2) is 12.1 Å². The highest BCUT2D eigenvalue weighted by molar-refractivity contribution is 5.40. The maximum atomic E-state index is 12.7. The molecule has 0 saturated carbocycles. The van der Waals surface area contributed by atoms with E-state index < -0.39 is 34.5 Å². The third-order valence-electron chi connectivity index (χ3n) is 1.50. The third kappa shape index (κ3) is 1.61. The van der Waals surface area contributed by atoms with E-state index in [0.29, 0.717) is 6.07 Å². The minimum atomic E-state index is -1.50. The average Bonchev–Trinajstić information content (AvgIpc) is 2.09. The third-order valence-corrected chi connectivity index (χ3v) is 1.50. The zero-order valence-corrected chi connectivity index (χ0v) is 6.26. The molecule has 13 heavy (non-hydrogen) atoms. The zero-order valence-electron chi connectivity index (χ0n) is 6.26. The first-order valence-electron chi connectivity index (χ1n) is 3.25. The van der Waals surface area contributed by atoms with Gasteiger partial charge in [0.2, 0.25) is 0 Å². The number of hydrogen-bond acceptors (Lipinski definition) is 2. The lowest BCUT2D eigenvalue weighted by Crippen LogP contribution is -1.99. The topological polar surface area (TPSA) is 43.1 Å². The summed E-state index contributed by atoms with van der Waals surface area (Å²) in [5.41, 5.74) is -1.61. The van der Waals surface area contributed by atoms with Gasteiger partial charge in [-0.15, -0.1) is 0 Å². The molecule has 1 aromatic rings. The van der Waals surface area contributed by atoms with Gasteiger partial charge in [0.05, 0.1) is 10.5 Å². The van der Waals surface area contributed by atoms with Crippen LogP contribution in [0.2, 0.25) is 0 Å². The zero-order chi connectivity index (χ0) is 10.0. The Morgan fingerprint density at radius 2 is 2.00 bits per heavy atom. The number of nitrogens with zero attached hydrogens (tertiary/aromatic N) is 1. The van der Waals surface area contributed by atoms with Crippen LogP contribution in [0.3, 0.4) is 0 Å². The molecule has 0 atom stereocenters.